The highest BCUT2D eigenvalue weighted by molar-refractivity contribution is 7.80. The molecule has 0 aromatic rings. The molecule has 0 aromatic carbocycles. The Morgan fingerprint density at radius 1 is 1.57 bits per heavy atom. The summed E-state index contributed by atoms with van der Waals surface area (Å²) in [6.45, 7) is 7.13. The Labute approximate surface area is 93.1 Å². The molecule has 1 N–H and O–H groups in total. The van der Waals surface area contributed by atoms with Crippen LogP contribution in [0.4, 0.5) is 0 Å². The Morgan fingerprint density at radius 2 is 2.29 bits per heavy atom. The van der Waals surface area contributed by atoms with Crippen LogP contribution < -0.4 is 0 Å². The van der Waals surface area contributed by atoms with Gasteiger partial charge in [-0.15, -0.1) is 0 Å². The van der Waals surface area contributed by atoms with Gasteiger partial charge in [-0.25, -0.2) is 0 Å². The zero-order valence-electron chi connectivity index (χ0n) is 9.37. The van der Waals surface area contributed by atoms with Crippen LogP contribution in [0.1, 0.15) is 33.1 Å². The Hall–Kier alpha value is 0.270. The summed E-state index contributed by atoms with van der Waals surface area (Å²) < 4.78 is 0. The van der Waals surface area contributed by atoms with Crippen LogP contribution >= 0.6 is 12.6 Å². The summed E-state index contributed by atoms with van der Waals surface area (Å²) in [6.07, 6.45) is 3.40. The third-order valence-electron chi connectivity index (χ3n) is 3.00. The van der Waals surface area contributed by atoms with Crippen LogP contribution in [0, 0.1) is 5.92 Å². The van der Waals surface area contributed by atoms with E-state index in [2.05, 4.69) is 24.5 Å². The zero-order chi connectivity index (χ0) is 10.6. The van der Waals surface area contributed by atoms with E-state index in [1.54, 1.807) is 0 Å². The smallest absolute Gasteiger partial charge is 0.0758 e. The lowest BCUT2D eigenvalue weighted by atomic mass is 10.1. The fraction of sp³-hybridized carbons (Fsp3) is 1.00. The summed E-state index contributed by atoms with van der Waals surface area (Å²) in [5.41, 5.74) is -0.451. The van der Waals surface area contributed by atoms with E-state index in [4.69, 9.17) is 0 Å². The Morgan fingerprint density at radius 3 is 2.71 bits per heavy atom. The highest BCUT2D eigenvalue weighted by Crippen LogP contribution is 2.22. The summed E-state index contributed by atoms with van der Waals surface area (Å²) in [5, 5.41) is 9.82. The van der Waals surface area contributed by atoms with Gasteiger partial charge in [0, 0.05) is 19.6 Å². The second-order valence-corrected chi connectivity index (χ2v) is 5.18. The highest BCUT2D eigenvalue weighted by Gasteiger charge is 2.31. The van der Waals surface area contributed by atoms with E-state index < -0.39 is 5.60 Å². The van der Waals surface area contributed by atoms with E-state index in [1.165, 1.54) is 12.8 Å². The van der Waals surface area contributed by atoms with Crippen molar-refractivity contribution in [3.8, 4) is 0 Å². The van der Waals surface area contributed by atoms with Crippen LogP contribution in [0.3, 0.4) is 0 Å². The molecule has 1 saturated heterocycles. The fourth-order valence-electron chi connectivity index (χ4n) is 2.21. The molecule has 0 bridgehead atoms. The van der Waals surface area contributed by atoms with E-state index in [-0.39, 0.29) is 0 Å². The van der Waals surface area contributed by atoms with Crippen molar-refractivity contribution >= 4 is 12.6 Å². The van der Waals surface area contributed by atoms with Crippen molar-refractivity contribution < 1.29 is 5.11 Å². The van der Waals surface area contributed by atoms with Crippen molar-refractivity contribution in [1.29, 1.82) is 0 Å². The van der Waals surface area contributed by atoms with Crippen LogP contribution in [0.5, 0.6) is 0 Å². The summed E-state index contributed by atoms with van der Waals surface area (Å²) >= 11 is 4.38. The number of likely N-dealkylation sites (tertiary alicyclic amines) is 1. The minimum absolute atomic E-state index is 0.451. The lowest BCUT2D eigenvalue weighted by Crippen LogP contribution is -2.33. The van der Waals surface area contributed by atoms with Crippen LogP contribution in [0.2, 0.25) is 0 Å². The first kappa shape index (κ1) is 12.3. The third-order valence-corrected chi connectivity index (χ3v) is 3.52. The number of hydrogen-bond donors (Lipinski definition) is 2. The van der Waals surface area contributed by atoms with Crippen molar-refractivity contribution in [1.82, 2.24) is 4.90 Å². The first-order chi connectivity index (χ1) is 6.57. The lowest BCUT2D eigenvalue weighted by molar-refractivity contribution is 0.0669. The minimum atomic E-state index is -0.451. The van der Waals surface area contributed by atoms with Gasteiger partial charge in [0.2, 0.25) is 0 Å². The molecule has 2 atom stereocenters. The normalized spacial score (nSPS) is 30.9. The van der Waals surface area contributed by atoms with Gasteiger partial charge < -0.3 is 10.0 Å². The fourth-order valence-corrected chi connectivity index (χ4v) is 2.51. The maximum atomic E-state index is 9.82. The average molecular weight is 217 g/mol. The first-order valence-electron chi connectivity index (χ1n) is 5.63. The van der Waals surface area contributed by atoms with Gasteiger partial charge in [0.15, 0.2) is 0 Å². The molecule has 3 heteroatoms. The number of β-amino-alcohol motifs (C(OH)–C–C–N with tert-alkyl or cyclic N) is 1. The molecule has 1 heterocycles. The molecule has 1 aliphatic rings. The first-order valence-corrected chi connectivity index (χ1v) is 6.26. The zero-order valence-corrected chi connectivity index (χ0v) is 10.3. The second kappa shape index (κ2) is 5.38. The van der Waals surface area contributed by atoms with Gasteiger partial charge >= 0.3 is 0 Å². The largest absolute Gasteiger partial charge is 0.389 e. The maximum Gasteiger partial charge on any atom is 0.0758 e. The van der Waals surface area contributed by atoms with Gasteiger partial charge in [-0.1, -0.05) is 13.3 Å². The standard InChI is InChI=1S/C11H23NOS/c1-3-4-10(8-14)7-12-6-5-11(2,13)9-12/h10,13-14H,3-9H2,1-2H3. The molecule has 0 aromatic heterocycles. The summed E-state index contributed by atoms with van der Waals surface area (Å²) in [6, 6.07) is 0. The Balaban J connectivity index is 2.30. The van der Waals surface area contributed by atoms with Crippen molar-refractivity contribution in [2.24, 2.45) is 5.92 Å². The minimum Gasteiger partial charge on any atom is -0.389 e. The predicted octanol–water partition coefficient (Wildman–Crippen LogP) is 1.79. The van der Waals surface area contributed by atoms with Crippen LogP contribution in [0.25, 0.3) is 0 Å². The summed E-state index contributed by atoms with van der Waals surface area (Å²) in [7, 11) is 0. The molecular formula is C11H23NOS. The van der Waals surface area contributed by atoms with Crippen LogP contribution in [0.15, 0.2) is 0 Å². The third kappa shape index (κ3) is 3.79. The van der Waals surface area contributed by atoms with Crippen molar-refractivity contribution in [2.75, 3.05) is 25.4 Å². The van der Waals surface area contributed by atoms with Gasteiger partial charge in [-0.2, -0.15) is 12.6 Å². The molecule has 0 amide bonds. The monoisotopic (exact) mass is 217 g/mol. The molecule has 2 nitrogen and oxygen atoms in total. The molecule has 0 aliphatic carbocycles. The van der Waals surface area contributed by atoms with E-state index >= 15 is 0 Å². The van der Waals surface area contributed by atoms with Gasteiger partial charge in [-0.3, -0.25) is 0 Å². The van der Waals surface area contributed by atoms with Crippen LogP contribution in [-0.2, 0) is 0 Å². The van der Waals surface area contributed by atoms with Gasteiger partial charge in [0.1, 0.15) is 0 Å². The van der Waals surface area contributed by atoms with Crippen molar-refractivity contribution in [3.05, 3.63) is 0 Å². The van der Waals surface area contributed by atoms with E-state index in [0.717, 1.165) is 31.8 Å². The van der Waals surface area contributed by atoms with Crippen molar-refractivity contribution in [3.63, 3.8) is 0 Å². The molecule has 0 spiro atoms. The summed E-state index contributed by atoms with van der Waals surface area (Å²) in [4.78, 5) is 2.37. The van der Waals surface area contributed by atoms with E-state index in [0.29, 0.717) is 5.92 Å². The van der Waals surface area contributed by atoms with E-state index in [9.17, 15) is 5.11 Å². The number of rotatable bonds is 5. The SMILES string of the molecule is CCCC(CS)CN1CCC(C)(O)C1. The molecule has 0 radical (unpaired) electrons. The lowest BCUT2D eigenvalue weighted by Gasteiger charge is -2.23. The van der Waals surface area contributed by atoms with Crippen LogP contribution in [-0.4, -0.2) is 41.0 Å². The quantitative estimate of drug-likeness (QED) is 0.686. The Kier molecular flexibility index (Phi) is 4.74. The highest BCUT2D eigenvalue weighted by atomic mass is 32.1. The molecule has 84 valence electrons. The number of aliphatic hydroxyl groups is 1. The van der Waals surface area contributed by atoms with Crippen molar-refractivity contribution in [2.45, 2.75) is 38.7 Å². The summed E-state index contributed by atoms with van der Waals surface area (Å²) in [5.74, 6) is 1.66. The topological polar surface area (TPSA) is 23.5 Å². The molecule has 2 unspecified atom stereocenters. The predicted molar refractivity (Wildman–Crippen MR) is 63.9 cm³/mol. The molecular weight excluding hydrogens is 194 g/mol. The number of hydrogen-bond acceptors (Lipinski definition) is 3. The number of thiol groups is 1. The van der Waals surface area contributed by atoms with Gasteiger partial charge in [0.05, 0.1) is 5.60 Å². The Bertz CT molecular complexity index is 173. The average Bonchev–Trinajstić information content (AvgIpc) is 2.45. The second-order valence-electron chi connectivity index (χ2n) is 4.82. The van der Waals surface area contributed by atoms with E-state index in [1.807, 2.05) is 6.92 Å². The maximum absolute atomic E-state index is 9.82. The molecule has 14 heavy (non-hydrogen) atoms. The van der Waals surface area contributed by atoms with Gasteiger partial charge in [0.25, 0.3) is 0 Å². The molecule has 0 saturated carbocycles. The molecule has 1 fully saturated rings. The molecule has 1 aliphatic heterocycles. The van der Waals surface area contributed by atoms with Gasteiger partial charge in [-0.05, 0) is 31.4 Å². The molecule has 1 rings (SSSR count). The number of nitrogens with zero attached hydrogens (tertiary/aromatic N) is 1.